The van der Waals surface area contributed by atoms with Crippen LogP contribution in [0.2, 0.25) is 0 Å². The van der Waals surface area contributed by atoms with Crippen molar-refractivity contribution in [3.8, 4) is 11.5 Å². The highest BCUT2D eigenvalue weighted by molar-refractivity contribution is 7.99. The van der Waals surface area contributed by atoms with Gasteiger partial charge in [-0.3, -0.25) is 4.79 Å². The van der Waals surface area contributed by atoms with E-state index in [1.807, 2.05) is 31.3 Å². The van der Waals surface area contributed by atoms with E-state index in [1.165, 1.54) is 50.1 Å². The number of carbonyl (C=O) groups is 1. The molecule has 0 N–H and O–H groups in total. The SMILES string of the molecule is CN(C)S(=O)(=O)c1ccc(C(=O)CSc2nnc([C@@H]3COc4ccccc4O3)n2C)cc1. The molecule has 0 spiro atoms. The zero-order chi connectivity index (χ0) is 22.9. The Kier molecular flexibility index (Phi) is 6.22. The quantitative estimate of drug-likeness (QED) is 0.380. The largest absolute Gasteiger partial charge is 0.485 e. The lowest BCUT2D eigenvalue weighted by atomic mass is 10.1. The number of thioether (sulfide) groups is 1. The number of carbonyl (C=O) groups excluding carboxylic acids is 1. The molecule has 32 heavy (non-hydrogen) atoms. The van der Waals surface area contributed by atoms with Crippen molar-refractivity contribution in [1.82, 2.24) is 19.1 Å². The van der Waals surface area contributed by atoms with E-state index < -0.39 is 16.1 Å². The van der Waals surface area contributed by atoms with Crippen LogP contribution in [-0.4, -0.2) is 59.7 Å². The number of benzene rings is 2. The van der Waals surface area contributed by atoms with Crippen molar-refractivity contribution in [3.63, 3.8) is 0 Å². The maximum absolute atomic E-state index is 12.6. The molecule has 1 aliphatic rings. The predicted octanol–water partition coefficient (Wildman–Crippen LogP) is 2.55. The summed E-state index contributed by atoms with van der Waals surface area (Å²) >= 11 is 1.25. The van der Waals surface area contributed by atoms with Gasteiger partial charge in [0.05, 0.1) is 10.6 Å². The molecule has 0 saturated heterocycles. The van der Waals surface area contributed by atoms with Crippen LogP contribution in [0.3, 0.4) is 0 Å². The van der Waals surface area contributed by atoms with E-state index in [0.717, 1.165) is 4.31 Å². The van der Waals surface area contributed by atoms with Crippen LogP contribution >= 0.6 is 11.8 Å². The molecule has 2 aromatic carbocycles. The fourth-order valence-corrected chi connectivity index (χ4v) is 4.83. The molecule has 0 radical (unpaired) electrons. The molecule has 0 aliphatic carbocycles. The van der Waals surface area contributed by atoms with E-state index in [4.69, 9.17) is 9.47 Å². The first-order valence-corrected chi connectivity index (χ1v) is 12.2. The number of sulfonamides is 1. The summed E-state index contributed by atoms with van der Waals surface area (Å²) in [6.07, 6.45) is -0.404. The first kappa shape index (κ1) is 22.3. The second kappa shape index (κ2) is 8.93. The zero-order valence-electron chi connectivity index (χ0n) is 17.8. The molecule has 1 aromatic heterocycles. The molecule has 0 saturated carbocycles. The van der Waals surface area contributed by atoms with E-state index in [0.29, 0.717) is 34.7 Å². The summed E-state index contributed by atoms with van der Waals surface area (Å²) in [7, 11) is 1.20. The highest BCUT2D eigenvalue weighted by Crippen LogP contribution is 2.35. The molecule has 0 bridgehead atoms. The van der Waals surface area contributed by atoms with Gasteiger partial charge < -0.3 is 14.0 Å². The second-order valence-corrected chi connectivity index (χ2v) is 10.4. The fourth-order valence-electron chi connectivity index (χ4n) is 3.12. The number of ketones is 1. The van der Waals surface area contributed by atoms with Crippen molar-refractivity contribution >= 4 is 27.6 Å². The number of hydrogen-bond acceptors (Lipinski definition) is 8. The first-order valence-electron chi connectivity index (χ1n) is 9.73. The summed E-state index contributed by atoms with van der Waals surface area (Å²) in [5, 5.41) is 8.98. The van der Waals surface area contributed by atoms with Gasteiger partial charge in [-0.15, -0.1) is 10.2 Å². The monoisotopic (exact) mass is 474 g/mol. The molecule has 1 aliphatic heterocycles. The number of para-hydroxylation sites is 2. The number of Topliss-reactive ketones (excluding diaryl/α,β-unsaturated/α-hetero) is 1. The zero-order valence-corrected chi connectivity index (χ0v) is 19.4. The number of fused-ring (bicyclic) bond motifs is 1. The summed E-state index contributed by atoms with van der Waals surface area (Å²) in [5.41, 5.74) is 0.429. The molecule has 11 heteroatoms. The standard InChI is InChI=1S/C21H22N4O5S2/c1-24(2)32(27,28)15-10-8-14(9-11-15)16(26)13-31-21-23-22-20(25(21)3)19-12-29-17-6-4-5-7-18(17)30-19/h4-11,19H,12-13H2,1-3H3/t19-/m0/s1. The minimum atomic E-state index is -3.53. The molecule has 168 valence electrons. The van der Waals surface area contributed by atoms with Gasteiger partial charge in [0.1, 0.15) is 6.61 Å². The summed E-state index contributed by atoms with van der Waals surface area (Å²) in [4.78, 5) is 12.7. The first-order chi connectivity index (χ1) is 15.3. The predicted molar refractivity (Wildman–Crippen MR) is 119 cm³/mol. The number of hydrogen-bond donors (Lipinski definition) is 0. The number of aromatic nitrogens is 3. The molecule has 2 heterocycles. The third kappa shape index (κ3) is 4.36. The Morgan fingerprint density at radius 3 is 2.50 bits per heavy atom. The maximum Gasteiger partial charge on any atom is 0.242 e. The van der Waals surface area contributed by atoms with Gasteiger partial charge in [-0.2, -0.15) is 0 Å². The normalized spacial score (nSPS) is 15.7. The Labute approximate surface area is 190 Å². The van der Waals surface area contributed by atoms with Crippen molar-refractivity contribution in [3.05, 3.63) is 59.9 Å². The number of rotatable bonds is 7. The van der Waals surface area contributed by atoms with Gasteiger partial charge in [-0.25, -0.2) is 12.7 Å². The molecule has 4 rings (SSSR count). The average Bonchev–Trinajstić information content (AvgIpc) is 3.17. The van der Waals surface area contributed by atoms with E-state index in [9.17, 15) is 13.2 Å². The van der Waals surface area contributed by atoms with Crippen molar-refractivity contribution < 1.29 is 22.7 Å². The van der Waals surface area contributed by atoms with E-state index >= 15 is 0 Å². The average molecular weight is 475 g/mol. The molecule has 0 unspecified atom stereocenters. The molecule has 0 fully saturated rings. The third-order valence-corrected chi connectivity index (χ3v) is 7.80. The van der Waals surface area contributed by atoms with Gasteiger partial charge in [0.25, 0.3) is 0 Å². The summed E-state index contributed by atoms with van der Waals surface area (Å²) in [6.45, 7) is 0.314. The van der Waals surface area contributed by atoms with Crippen LogP contribution in [0.25, 0.3) is 0 Å². The Morgan fingerprint density at radius 2 is 1.81 bits per heavy atom. The van der Waals surface area contributed by atoms with Gasteiger partial charge in [0.15, 0.2) is 34.4 Å². The topological polar surface area (TPSA) is 104 Å². The summed E-state index contributed by atoms with van der Waals surface area (Å²) in [6, 6.07) is 13.3. The van der Waals surface area contributed by atoms with Crippen LogP contribution in [0.1, 0.15) is 22.3 Å². The van der Waals surface area contributed by atoms with Crippen molar-refractivity contribution in [2.45, 2.75) is 16.2 Å². The molecule has 0 amide bonds. The number of nitrogens with zero attached hydrogens (tertiary/aromatic N) is 4. The van der Waals surface area contributed by atoms with Gasteiger partial charge >= 0.3 is 0 Å². The lowest BCUT2D eigenvalue weighted by molar-refractivity contribution is 0.0825. The van der Waals surface area contributed by atoms with Crippen LogP contribution in [0, 0.1) is 0 Å². The van der Waals surface area contributed by atoms with Gasteiger partial charge in [-0.1, -0.05) is 36.0 Å². The Hall–Kier alpha value is -2.89. The van der Waals surface area contributed by atoms with Crippen molar-refractivity contribution in [2.75, 3.05) is 26.5 Å². The van der Waals surface area contributed by atoms with E-state index in [1.54, 1.807) is 4.57 Å². The van der Waals surface area contributed by atoms with Crippen LogP contribution in [-0.2, 0) is 17.1 Å². The Bertz CT molecular complexity index is 1240. The summed E-state index contributed by atoms with van der Waals surface area (Å²) < 4.78 is 39.0. The van der Waals surface area contributed by atoms with Crippen LogP contribution < -0.4 is 9.47 Å². The second-order valence-electron chi connectivity index (χ2n) is 7.29. The van der Waals surface area contributed by atoms with Crippen LogP contribution in [0.15, 0.2) is 58.6 Å². The molecule has 1 atom stereocenters. The lowest BCUT2D eigenvalue weighted by Gasteiger charge is -2.25. The van der Waals surface area contributed by atoms with E-state index in [2.05, 4.69) is 10.2 Å². The maximum atomic E-state index is 12.6. The molecular weight excluding hydrogens is 452 g/mol. The van der Waals surface area contributed by atoms with Crippen molar-refractivity contribution in [1.29, 1.82) is 0 Å². The highest BCUT2D eigenvalue weighted by atomic mass is 32.2. The van der Waals surface area contributed by atoms with Crippen molar-refractivity contribution in [2.24, 2.45) is 7.05 Å². The minimum absolute atomic E-state index is 0.136. The lowest BCUT2D eigenvalue weighted by Crippen LogP contribution is -2.24. The number of ether oxygens (including phenoxy) is 2. The summed E-state index contributed by atoms with van der Waals surface area (Å²) in [5.74, 6) is 1.94. The minimum Gasteiger partial charge on any atom is -0.485 e. The van der Waals surface area contributed by atoms with Crippen LogP contribution in [0.5, 0.6) is 11.5 Å². The molecule has 3 aromatic rings. The Balaban J connectivity index is 1.41. The smallest absolute Gasteiger partial charge is 0.242 e. The highest BCUT2D eigenvalue weighted by Gasteiger charge is 2.27. The molecule has 9 nitrogen and oxygen atoms in total. The van der Waals surface area contributed by atoms with E-state index in [-0.39, 0.29) is 16.4 Å². The molecular formula is C21H22N4O5S2. The van der Waals surface area contributed by atoms with Crippen LogP contribution in [0.4, 0.5) is 0 Å². The van der Waals surface area contributed by atoms with Gasteiger partial charge in [0.2, 0.25) is 10.0 Å². The fraction of sp³-hybridized carbons (Fsp3) is 0.286. The van der Waals surface area contributed by atoms with Gasteiger partial charge in [-0.05, 0) is 24.3 Å². The third-order valence-electron chi connectivity index (χ3n) is 4.95. The Morgan fingerprint density at radius 1 is 1.12 bits per heavy atom. The van der Waals surface area contributed by atoms with Gasteiger partial charge in [0, 0.05) is 26.7 Å².